The summed E-state index contributed by atoms with van der Waals surface area (Å²) in [5.41, 5.74) is 1.01. The highest BCUT2D eigenvalue weighted by molar-refractivity contribution is 5.79. The number of hydrogen-bond donors (Lipinski definition) is 0. The number of hydrogen-bond acceptors (Lipinski definition) is 4. The Morgan fingerprint density at radius 2 is 1.94 bits per heavy atom. The second-order valence-corrected chi connectivity index (χ2v) is 3.86. The molecule has 0 radical (unpaired) electrons. The van der Waals surface area contributed by atoms with Gasteiger partial charge in [-0.1, -0.05) is 13.3 Å². The zero-order valence-electron chi connectivity index (χ0n) is 10.4. The molecule has 0 aliphatic heterocycles. The molecular weight excluding hydrogens is 228 g/mol. The summed E-state index contributed by atoms with van der Waals surface area (Å²) in [6.07, 6.45) is 7.05. The SMILES string of the molecule is CCCCOc1ccc(C=Nn2cnnc2)cc1. The molecule has 1 aromatic carbocycles. The van der Waals surface area contributed by atoms with Gasteiger partial charge in [0.05, 0.1) is 12.8 Å². The average molecular weight is 244 g/mol. The molecule has 0 amide bonds. The van der Waals surface area contributed by atoms with Crippen molar-refractivity contribution in [1.82, 2.24) is 14.9 Å². The molecule has 0 atom stereocenters. The summed E-state index contributed by atoms with van der Waals surface area (Å²) in [4.78, 5) is 0. The first-order valence-corrected chi connectivity index (χ1v) is 6.00. The van der Waals surface area contributed by atoms with Crippen molar-refractivity contribution in [3.8, 4) is 5.75 Å². The average Bonchev–Trinajstić information content (AvgIpc) is 2.91. The van der Waals surface area contributed by atoms with Gasteiger partial charge in [-0.15, -0.1) is 10.2 Å². The molecule has 0 saturated carbocycles. The van der Waals surface area contributed by atoms with Crippen molar-refractivity contribution >= 4 is 6.21 Å². The number of unbranched alkanes of at least 4 members (excludes halogenated alkanes) is 1. The lowest BCUT2D eigenvalue weighted by atomic mass is 10.2. The molecule has 0 N–H and O–H groups in total. The number of nitrogens with zero attached hydrogens (tertiary/aromatic N) is 4. The van der Waals surface area contributed by atoms with Crippen molar-refractivity contribution in [2.75, 3.05) is 6.61 Å². The highest BCUT2D eigenvalue weighted by Gasteiger charge is 1.93. The quantitative estimate of drug-likeness (QED) is 0.579. The van der Waals surface area contributed by atoms with E-state index in [1.165, 1.54) is 0 Å². The van der Waals surface area contributed by atoms with Gasteiger partial charge in [0.2, 0.25) is 0 Å². The van der Waals surface area contributed by atoms with Crippen molar-refractivity contribution in [3.05, 3.63) is 42.5 Å². The van der Waals surface area contributed by atoms with E-state index in [2.05, 4.69) is 22.2 Å². The van der Waals surface area contributed by atoms with Crippen LogP contribution in [0.25, 0.3) is 0 Å². The molecule has 0 unspecified atom stereocenters. The molecule has 0 spiro atoms. The largest absolute Gasteiger partial charge is 0.494 e. The van der Waals surface area contributed by atoms with Gasteiger partial charge >= 0.3 is 0 Å². The van der Waals surface area contributed by atoms with Gasteiger partial charge in [0.15, 0.2) is 0 Å². The van der Waals surface area contributed by atoms with Gasteiger partial charge in [0, 0.05) is 0 Å². The second-order valence-electron chi connectivity index (χ2n) is 3.86. The zero-order valence-corrected chi connectivity index (χ0v) is 10.4. The molecule has 94 valence electrons. The Balaban J connectivity index is 1.91. The van der Waals surface area contributed by atoms with E-state index in [-0.39, 0.29) is 0 Å². The summed E-state index contributed by atoms with van der Waals surface area (Å²) in [6, 6.07) is 7.83. The van der Waals surface area contributed by atoms with Crippen LogP contribution in [0.4, 0.5) is 0 Å². The summed E-state index contributed by atoms with van der Waals surface area (Å²) in [5.74, 6) is 0.893. The fraction of sp³-hybridized carbons (Fsp3) is 0.308. The third-order valence-electron chi connectivity index (χ3n) is 2.39. The van der Waals surface area contributed by atoms with E-state index in [0.717, 1.165) is 30.8 Å². The van der Waals surface area contributed by atoms with Crippen LogP contribution in [0.5, 0.6) is 5.75 Å². The van der Waals surface area contributed by atoms with Crippen molar-refractivity contribution in [2.45, 2.75) is 19.8 Å². The Labute approximate surface area is 106 Å². The number of aromatic nitrogens is 3. The van der Waals surface area contributed by atoms with E-state index in [1.807, 2.05) is 24.3 Å². The van der Waals surface area contributed by atoms with Gasteiger partial charge < -0.3 is 4.74 Å². The molecule has 5 nitrogen and oxygen atoms in total. The van der Waals surface area contributed by atoms with E-state index in [4.69, 9.17) is 4.74 Å². The third kappa shape index (κ3) is 3.69. The van der Waals surface area contributed by atoms with E-state index < -0.39 is 0 Å². The van der Waals surface area contributed by atoms with Gasteiger partial charge in [0.1, 0.15) is 18.4 Å². The van der Waals surface area contributed by atoms with Gasteiger partial charge in [-0.3, -0.25) is 0 Å². The van der Waals surface area contributed by atoms with Gasteiger partial charge in [-0.25, -0.2) is 4.68 Å². The molecule has 0 fully saturated rings. The van der Waals surface area contributed by atoms with Gasteiger partial charge in [0.25, 0.3) is 0 Å². The minimum Gasteiger partial charge on any atom is -0.494 e. The monoisotopic (exact) mass is 244 g/mol. The Hall–Kier alpha value is -2.17. The van der Waals surface area contributed by atoms with E-state index >= 15 is 0 Å². The van der Waals surface area contributed by atoms with Crippen LogP contribution in [-0.2, 0) is 0 Å². The third-order valence-corrected chi connectivity index (χ3v) is 2.39. The van der Waals surface area contributed by atoms with E-state index in [0.29, 0.717) is 0 Å². The van der Waals surface area contributed by atoms with Crippen molar-refractivity contribution in [2.24, 2.45) is 5.10 Å². The molecule has 0 aliphatic rings. The molecule has 1 aromatic heterocycles. The summed E-state index contributed by atoms with van der Waals surface area (Å²) < 4.78 is 7.13. The number of ether oxygens (including phenoxy) is 1. The molecule has 0 aliphatic carbocycles. The first kappa shape index (κ1) is 12.3. The summed E-state index contributed by atoms with van der Waals surface area (Å²) in [6.45, 7) is 2.92. The first-order chi connectivity index (χ1) is 8.88. The maximum atomic E-state index is 5.58. The molecule has 18 heavy (non-hydrogen) atoms. The second kappa shape index (κ2) is 6.54. The van der Waals surface area contributed by atoms with Crippen LogP contribution in [0.1, 0.15) is 25.3 Å². The molecular formula is C13H16N4O. The van der Waals surface area contributed by atoms with Crippen LogP contribution in [0.15, 0.2) is 42.0 Å². The number of benzene rings is 1. The lowest BCUT2D eigenvalue weighted by molar-refractivity contribution is 0.309. The highest BCUT2D eigenvalue weighted by atomic mass is 16.5. The molecule has 0 saturated heterocycles. The summed E-state index contributed by atoms with van der Waals surface area (Å²) >= 11 is 0. The fourth-order valence-corrected chi connectivity index (χ4v) is 1.37. The smallest absolute Gasteiger partial charge is 0.141 e. The van der Waals surface area contributed by atoms with Gasteiger partial charge in [-0.2, -0.15) is 5.10 Å². The molecule has 2 rings (SSSR count). The summed E-state index contributed by atoms with van der Waals surface area (Å²) in [7, 11) is 0. The minimum atomic E-state index is 0.768. The Morgan fingerprint density at radius 1 is 1.22 bits per heavy atom. The number of rotatable bonds is 6. The van der Waals surface area contributed by atoms with E-state index in [1.54, 1.807) is 23.5 Å². The lowest BCUT2D eigenvalue weighted by Crippen LogP contribution is -1.96. The Bertz CT molecular complexity index is 476. The van der Waals surface area contributed by atoms with E-state index in [9.17, 15) is 0 Å². The Kier molecular flexibility index (Phi) is 4.46. The Morgan fingerprint density at radius 3 is 2.61 bits per heavy atom. The molecule has 5 heteroatoms. The molecule has 1 heterocycles. The topological polar surface area (TPSA) is 52.3 Å². The van der Waals surface area contributed by atoms with Crippen molar-refractivity contribution in [3.63, 3.8) is 0 Å². The predicted octanol–water partition coefficient (Wildman–Crippen LogP) is 2.34. The lowest BCUT2D eigenvalue weighted by Gasteiger charge is -2.04. The summed E-state index contributed by atoms with van der Waals surface area (Å²) in [5, 5.41) is 11.5. The van der Waals surface area contributed by atoms with Crippen LogP contribution >= 0.6 is 0 Å². The van der Waals surface area contributed by atoms with Crippen LogP contribution in [0.3, 0.4) is 0 Å². The highest BCUT2D eigenvalue weighted by Crippen LogP contribution is 2.11. The van der Waals surface area contributed by atoms with Crippen LogP contribution in [-0.4, -0.2) is 27.7 Å². The predicted molar refractivity (Wildman–Crippen MR) is 69.9 cm³/mol. The standard InChI is InChI=1S/C13H16N4O/c1-2-3-8-18-13-6-4-12(5-7-13)9-16-17-10-14-15-11-17/h4-7,9-11H,2-3,8H2,1H3. The molecule has 2 aromatic rings. The normalized spacial score (nSPS) is 10.9. The van der Waals surface area contributed by atoms with Crippen molar-refractivity contribution in [1.29, 1.82) is 0 Å². The molecule has 0 bridgehead atoms. The minimum absolute atomic E-state index is 0.768. The van der Waals surface area contributed by atoms with Gasteiger partial charge in [-0.05, 0) is 36.2 Å². The van der Waals surface area contributed by atoms with Crippen LogP contribution in [0.2, 0.25) is 0 Å². The fourth-order valence-electron chi connectivity index (χ4n) is 1.37. The van der Waals surface area contributed by atoms with Crippen molar-refractivity contribution < 1.29 is 4.74 Å². The zero-order chi connectivity index (χ0) is 12.6. The first-order valence-electron chi connectivity index (χ1n) is 6.00. The maximum Gasteiger partial charge on any atom is 0.141 e. The maximum absolute atomic E-state index is 5.58. The van der Waals surface area contributed by atoms with Crippen LogP contribution < -0.4 is 4.74 Å². The van der Waals surface area contributed by atoms with Crippen LogP contribution in [0, 0.1) is 0 Å².